The Morgan fingerprint density at radius 3 is 2.12 bits per heavy atom. The van der Waals surface area contributed by atoms with Crippen molar-refractivity contribution in [2.45, 2.75) is 59.4 Å². The number of benzene rings is 1. The van der Waals surface area contributed by atoms with Gasteiger partial charge >= 0.3 is 5.97 Å². The number of ether oxygens (including phenoxy) is 3. The molecule has 1 rings (SSSR count). The summed E-state index contributed by atoms with van der Waals surface area (Å²) in [4.78, 5) is 11.4. The number of carboxylic acid groups (broad SMARTS) is 1. The van der Waals surface area contributed by atoms with Crippen molar-refractivity contribution >= 4 is 5.97 Å². The van der Waals surface area contributed by atoms with Gasteiger partial charge in [0.1, 0.15) is 5.54 Å². The van der Waals surface area contributed by atoms with Gasteiger partial charge in [-0.05, 0) is 52.0 Å². The normalized spacial score (nSPS) is 15.7. The third-order valence-corrected chi connectivity index (χ3v) is 4.56. The van der Waals surface area contributed by atoms with Crippen LogP contribution in [0.25, 0.3) is 0 Å². The number of aliphatic carboxylic acids is 1. The first-order valence-electron chi connectivity index (χ1n) is 9.27. The molecule has 3 N–H and O–H groups in total. The zero-order valence-electron chi connectivity index (χ0n) is 16.8. The molecule has 0 aliphatic heterocycles. The molecule has 148 valence electrons. The van der Waals surface area contributed by atoms with E-state index in [1.54, 1.807) is 6.92 Å². The van der Waals surface area contributed by atoms with E-state index in [0.29, 0.717) is 43.5 Å². The molecule has 26 heavy (non-hydrogen) atoms. The van der Waals surface area contributed by atoms with Gasteiger partial charge in [0.15, 0.2) is 11.5 Å². The average molecular weight is 367 g/mol. The molecule has 0 radical (unpaired) electrons. The highest BCUT2D eigenvalue weighted by atomic mass is 16.5. The fourth-order valence-corrected chi connectivity index (χ4v) is 3.00. The van der Waals surface area contributed by atoms with Gasteiger partial charge in [-0.2, -0.15) is 0 Å². The van der Waals surface area contributed by atoms with E-state index < -0.39 is 11.5 Å². The molecular formula is C20H33NO5. The van der Waals surface area contributed by atoms with E-state index in [9.17, 15) is 9.90 Å². The van der Waals surface area contributed by atoms with Crippen molar-refractivity contribution in [2.24, 2.45) is 11.7 Å². The molecule has 6 heteroatoms. The van der Waals surface area contributed by atoms with Gasteiger partial charge < -0.3 is 25.1 Å². The van der Waals surface area contributed by atoms with Gasteiger partial charge in [-0.25, -0.2) is 0 Å². The Balaban J connectivity index is 3.28. The predicted octanol–water partition coefficient (Wildman–Crippen LogP) is 3.81. The first kappa shape index (κ1) is 22.1. The topological polar surface area (TPSA) is 91.0 Å². The van der Waals surface area contributed by atoms with Crippen LogP contribution in [0.5, 0.6) is 17.2 Å². The molecule has 3 unspecified atom stereocenters. The smallest absolute Gasteiger partial charge is 0.323 e. The number of rotatable bonds is 11. The van der Waals surface area contributed by atoms with Crippen LogP contribution in [0.15, 0.2) is 12.1 Å². The molecular weight excluding hydrogens is 334 g/mol. The van der Waals surface area contributed by atoms with E-state index in [1.165, 1.54) is 0 Å². The van der Waals surface area contributed by atoms with Gasteiger partial charge in [0, 0.05) is 5.56 Å². The van der Waals surface area contributed by atoms with Crippen molar-refractivity contribution in [3.8, 4) is 17.2 Å². The van der Waals surface area contributed by atoms with Crippen LogP contribution in [0, 0.1) is 5.92 Å². The molecule has 0 saturated carbocycles. The first-order chi connectivity index (χ1) is 12.2. The second-order valence-electron chi connectivity index (χ2n) is 6.80. The van der Waals surface area contributed by atoms with Gasteiger partial charge in [-0.3, -0.25) is 4.79 Å². The second kappa shape index (κ2) is 9.67. The molecule has 3 atom stereocenters. The summed E-state index contributed by atoms with van der Waals surface area (Å²) in [7, 11) is 0. The van der Waals surface area contributed by atoms with Crippen LogP contribution in [0.1, 0.15) is 59.4 Å². The summed E-state index contributed by atoms with van der Waals surface area (Å²) in [6.07, 6.45) is 0.353. The Hall–Kier alpha value is -1.95. The standard InChI is InChI=1S/C20H33NO5/c1-7-24-16-11-10-15(17(25-8-2)18(16)26-9-3)14(5)13(4)12-20(6,21)19(22)23/h10-11,13-14H,7-9,12,21H2,1-6H3,(H,22,23). The molecule has 0 aromatic heterocycles. The third-order valence-electron chi connectivity index (χ3n) is 4.56. The summed E-state index contributed by atoms with van der Waals surface area (Å²) in [5.74, 6) is 0.982. The van der Waals surface area contributed by atoms with Crippen molar-refractivity contribution in [2.75, 3.05) is 19.8 Å². The van der Waals surface area contributed by atoms with Gasteiger partial charge in [-0.15, -0.1) is 0 Å². The summed E-state index contributed by atoms with van der Waals surface area (Å²) < 4.78 is 17.4. The molecule has 1 aromatic carbocycles. The van der Waals surface area contributed by atoms with E-state index in [2.05, 4.69) is 6.92 Å². The number of carboxylic acids is 1. The van der Waals surface area contributed by atoms with Crippen LogP contribution < -0.4 is 19.9 Å². The van der Waals surface area contributed by atoms with Crippen LogP contribution in [-0.2, 0) is 4.79 Å². The minimum atomic E-state index is -1.27. The summed E-state index contributed by atoms with van der Waals surface area (Å²) in [6, 6.07) is 3.85. The van der Waals surface area contributed by atoms with E-state index in [4.69, 9.17) is 19.9 Å². The Labute approximate surface area is 156 Å². The lowest BCUT2D eigenvalue weighted by molar-refractivity contribution is -0.143. The van der Waals surface area contributed by atoms with Crippen molar-refractivity contribution in [3.05, 3.63) is 17.7 Å². The number of nitrogens with two attached hydrogens (primary N) is 1. The first-order valence-corrected chi connectivity index (χ1v) is 9.27. The maximum Gasteiger partial charge on any atom is 0.323 e. The Bertz CT molecular complexity index is 600. The zero-order chi connectivity index (χ0) is 19.9. The summed E-state index contributed by atoms with van der Waals surface area (Å²) in [5.41, 5.74) is 5.63. The SMILES string of the molecule is CCOc1ccc(C(C)C(C)CC(C)(N)C(=O)O)c(OCC)c1OCC. The van der Waals surface area contributed by atoms with Gasteiger partial charge in [0.05, 0.1) is 19.8 Å². The number of hydrogen-bond donors (Lipinski definition) is 2. The van der Waals surface area contributed by atoms with Crippen LogP contribution in [-0.4, -0.2) is 36.4 Å². The molecule has 1 aromatic rings. The van der Waals surface area contributed by atoms with Crippen LogP contribution in [0.4, 0.5) is 0 Å². The third kappa shape index (κ3) is 5.27. The van der Waals surface area contributed by atoms with Crippen molar-refractivity contribution < 1.29 is 24.1 Å². The fourth-order valence-electron chi connectivity index (χ4n) is 3.00. The van der Waals surface area contributed by atoms with Crippen molar-refractivity contribution in [3.63, 3.8) is 0 Å². The number of carbonyl (C=O) groups is 1. The molecule has 0 saturated heterocycles. The molecule has 6 nitrogen and oxygen atoms in total. The lowest BCUT2D eigenvalue weighted by Crippen LogP contribution is -2.46. The second-order valence-corrected chi connectivity index (χ2v) is 6.80. The Morgan fingerprint density at radius 1 is 1.08 bits per heavy atom. The number of hydrogen-bond acceptors (Lipinski definition) is 5. The van der Waals surface area contributed by atoms with Gasteiger partial charge in [-0.1, -0.05) is 19.9 Å². The minimum absolute atomic E-state index is 0.0349. The summed E-state index contributed by atoms with van der Waals surface area (Å²) >= 11 is 0. The van der Waals surface area contributed by atoms with Gasteiger partial charge in [0.25, 0.3) is 0 Å². The minimum Gasteiger partial charge on any atom is -0.490 e. The van der Waals surface area contributed by atoms with Crippen molar-refractivity contribution in [1.29, 1.82) is 0 Å². The van der Waals surface area contributed by atoms with Crippen LogP contribution in [0.2, 0.25) is 0 Å². The maximum atomic E-state index is 11.4. The van der Waals surface area contributed by atoms with E-state index in [1.807, 2.05) is 39.8 Å². The molecule has 0 bridgehead atoms. The highest BCUT2D eigenvalue weighted by Crippen LogP contribution is 2.45. The highest BCUT2D eigenvalue weighted by Gasteiger charge is 2.33. The van der Waals surface area contributed by atoms with Crippen LogP contribution in [0.3, 0.4) is 0 Å². The molecule has 0 heterocycles. The molecule has 0 spiro atoms. The lowest BCUT2D eigenvalue weighted by Gasteiger charge is -2.29. The predicted molar refractivity (Wildman–Crippen MR) is 102 cm³/mol. The monoisotopic (exact) mass is 367 g/mol. The molecule has 0 fully saturated rings. The Morgan fingerprint density at radius 2 is 1.62 bits per heavy atom. The van der Waals surface area contributed by atoms with Gasteiger partial charge in [0.2, 0.25) is 5.75 Å². The van der Waals surface area contributed by atoms with E-state index in [0.717, 1.165) is 5.56 Å². The fraction of sp³-hybridized carbons (Fsp3) is 0.650. The Kier molecular flexibility index (Phi) is 8.21. The molecule has 0 aliphatic rings. The summed E-state index contributed by atoms with van der Waals surface area (Å²) in [5, 5.41) is 9.30. The van der Waals surface area contributed by atoms with Crippen molar-refractivity contribution in [1.82, 2.24) is 0 Å². The van der Waals surface area contributed by atoms with Crippen LogP contribution >= 0.6 is 0 Å². The molecule has 0 amide bonds. The maximum absolute atomic E-state index is 11.4. The van der Waals surface area contributed by atoms with E-state index in [-0.39, 0.29) is 11.8 Å². The quantitative estimate of drug-likeness (QED) is 0.618. The largest absolute Gasteiger partial charge is 0.490 e. The summed E-state index contributed by atoms with van der Waals surface area (Å²) in [6.45, 7) is 12.9. The highest BCUT2D eigenvalue weighted by molar-refractivity contribution is 5.77. The lowest BCUT2D eigenvalue weighted by atomic mass is 9.80. The molecule has 0 aliphatic carbocycles. The van der Waals surface area contributed by atoms with E-state index >= 15 is 0 Å². The zero-order valence-corrected chi connectivity index (χ0v) is 16.8. The average Bonchev–Trinajstić information content (AvgIpc) is 2.57.